The topological polar surface area (TPSA) is 55.1 Å². The molecule has 106 valence electrons. The minimum Gasteiger partial charge on any atom is -0.350 e. The lowest BCUT2D eigenvalue weighted by Crippen LogP contribution is -2.41. The van der Waals surface area contributed by atoms with Gasteiger partial charge in [-0.2, -0.15) is 0 Å². The molecule has 1 aromatic rings. The molecular formula is C15H23FN2O. The number of benzene rings is 1. The van der Waals surface area contributed by atoms with Gasteiger partial charge < -0.3 is 11.1 Å². The summed E-state index contributed by atoms with van der Waals surface area (Å²) in [5, 5.41) is 2.76. The summed E-state index contributed by atoms with van der Waals surface area (Å²) in [6, 6.07) is 4.42. The van der Waals surface area contributed by atoms with Crippen LogP contribution < -0.4 is 11.1 Å². The molecule has 1 unspecified atom stereocenters. The maximum atomic E-state index is 13.4. The number of hydrogen-bond acceptors (Lipinski definition) is 2. The van der Waals surface area contributed by atoms with Crippen molar-refractivity contribution in [2.24, 2.45) is 11.7 Å². The highest BCUT2D eigenvalue weighted by Crippen LogP contribution is 2.12. The van der Waals surface area contributed by atoms with Gasteiger partial charge in [-0.15, -0.1) is 0 Å². The van der Waals surface area contributed by atoms with Crippen molar-refractivity contribution in [2.75, 3.05) is 6.54 Å². The van der Waals surface area contributed by atoms with Crippen molar-refractivity contribution in [1.82, 2.24) is 5.32 Å². The summed E-state index contributed by atoms with van der Waals surface area (Å²) >= 11 is 0. The second kappa shape index (κ2) is 7.24. The van der Waals surface area contributed by atoms with Crippen LogP contribution in [0.25, 0.3) is 0 Å². The minimum absolute atomic E-state index is 0.0609. The molecule has 0 aliphatic carbocycles. The molecule has 0 aliphatic heterocycles. The monoisotopic (exact) mass is 266 g/mol. The Morgan fingerprint density at radius 1 is 1.37 bits per heavy atom. The van der Waals surface area contributed by atoms with Gasteiger partial charge in [0.15, 0.2) is 0 Å². The van der Waals surface area contributed by atoms with Gasteiger partial charge >= 0.3 is 0 Å². The van der Waals surface area contributed by atoms with Gasteiger partial charge in [-0.3, -0.25) is 4.79 Å². The molecule has 0 spiro atoms. The molecule has 4 heteroatoms. The van der Waals surface area contributed by atoms with Crippen molar-refractivity contribution in [2.45, 2.75) is 39.7 Å². The third kappa shape index (κ3) is 4.31. The van der Waals surface area contributed by atoms with Crippen molar-refractivity contribution >= 4 is 5.91 Å². The Kier molecular flexibility index (Phi) is 5.96. The maximum Gasteiger partial charge on any atom is 0.251 e. The number of hydrogen-bond donors (Lipinski definition) is 2. The summed E-state index contributed by atoms with van der Waals surface area (Å²) in [5.74, 6) is -0.243. The van der Waals surface area contributed by atoms with Crippen LogP contribution in [0.4, 0.5) is 4.39 Å². The van der Waals surface area contributed by atoms with Crippen molar-refractivity contribution < 1.29 is 9.18 Å². The second-order valence-electron chi connectivity index (χ2n) is 4.91. The van der Waals surface area contributed by atoms with E-state index in [1.54, 1.807) is 19.1 Å². The van der Waals surface area contributed by atoms with Crippen molar-refractivity contribution in [3.05, 3.63) is 35.1 Å². The Morgan fingerprint density at radius 3 is 2.53 bits per heavy atom. The Hall–Kier alpha value is -1.42. The first-order chi connectivity index (χ1) is 8.99. The fourth-order valence-electron chi connectivity index (χ4n) is 2.11. The van der Waals surface area contributed by atoms with Gasteiger partial charge in [0, 0.05) is 18.2 Å². The largest absolute Gasteiger partial charge is 0.350 e. The molecule has 0 saturated carbocycles. The smallest absolute Gasteiger partial charge is 0.251 e. The number of aryl methyl sites for hydroxylation is 1. The summed E-state index contributed by atoms with van der Waals surface area (Å²) in [6.45, 7) is 6.26. The van der Waals surface area contributed by atoms with E-state index in [1.165, 1.54) is 6.07 Å². The van der Waals surface area contributed by atoms with Gasteiger partial charge in [-0.25, -0.2) is 4.39 Å². The lowest BCUT2D eigenvalue weighted by molar-refractivity contribution is 0.0947. The summed E-state index contributed by atoms with van der Waals surface area (Å²) < 4.78 is 13.4. The molecule has 0 aromatic heterocycles. The number of rotatable bonds is 6. The van der Waals surface area contributed by atoms with E-state index in [4.69, 9.17) is 5.73 Å². The Balaban J connectivity index is 2.58. The molecule has 0 radical (unpaired) electrons. The number of amides is 1. The van der Waals surface area contributed by atoms with E-state index in [2.05, 4.69) is 19.2 Å². The number of carbonyl (C=O) groups excluding carboxylic acids is 1. The van der Waals surface area contributed by atoms with Crippen LogP contribution in [0, 0.1) is 18.7 Å². The Bertz CT molecular complexity index is 430. The summed E-state index contributed by atoms with van der Waals surface area (Å²) in [5.41, 5.74) is 6.90. The summed E-state index contributed by atoms with van der Waals surface area (Å²) in [6.07, 6.45) is 1.99. The molecule has 1 aromatic carbocycles. The predicted molar refractivity (Wildman–Crippen MR) is 75.5 cm³/mol. The third-order valence-electron chi connectivity index (χ3n) is 3.59. The van der Waals surface area contributed by atoms with E-state index in [0.29, 0.717) is 23.6 Å². The van der Waals surface area contributed by atoms with Crippen LogP contribution in [0.5, 0.6) is 0 Å². The highest BCUT2D eigenvalue weighted by molar-refractivity contribution is 5.94. The molecule has 1 rings (SSSR count). The number of nitrogens with one attached hydrogen (secondary N) is 1. The lowest BCUT2D eigenvalue weighted by atomic mass is 9.95. The number of carbonyl (C=O) groups is 1. The Morgan fingerprint density at radius 2 is 2.00 bits per heavy atom. The van der Waals surface area contributed by atoms with Gasteiger partial charge in [0.2, 0.25) is 0 Å². The molecule has 1 amide bonds. The van der Waals surface area contributed by atoms with E-state index >= 15 is 0 Å². The zero-order chi connectivity index (χ0) is 14.4. The van der Waals surface area contributed by atoms with Crippen molar-refractivity contribution in [1.29, 1.82) is 0 Å². The molecule has 19 heavy (non-hydrogen) atoms. The van der Waals surface area contributed by atoms with E-state index in [1.807, 2.05) is 0 Å². The molecule has 0 fully saturated rings. The van der Waals surface area contributed by atoms with Crippen LogP contribution in [0.1, 0.15) is 42.6 Å². The second-order valence-corrected chi connectivity index (χ2v) is 4.91. The molecule has 0 bridgehead atoms. The zero-order valence-corrected chi connectivity index (χ0v) is 11.9. The first kappa shape index (κ1) is 15.6. The normalized spacial score (nSPS) is 12.5. The highest BCUT2D eigenvalue weighted by Gasteiger charge is 2.15. The maximum absolute atomic E-state index is 13.4. The highest BCUT2D eigenvalue weighted by atomic mass is 19.1. The molecule has 0 heterocycles. The van der Waals surface area contributed by atoms with Crippen LogP contribution in [-0.2, 0) is 0 Å². The standard InChI is InChI=1S/C15H23FN2O/c1-4-11(5-2)14(17)9-18-15(19)12-7-6-10(3)13(16)8-12/h6-8,11,14H,4-5,9,17H2,1-3H3,(H,18,19). The molecule has 3 nitrogen and oxygen atoms in total. The van der Waals surface area contributed by atoms with Gasteiger partial charge in [0.1, 0.15) is 5.82 Å². The first-order valence-electron chi connectivity index (χ1n) is 6.79. The van der Waals surface area contributed by atoms with Crippen LogP contribution >= 0.6 is 0 Å². The van der Waals surface area contributed by atoms with Gasteiger partial charge in [-0.1, -0.05) is 32.8 Å². The molecule has 3 N–H and O–H groups in total. The Labute approximate surface area is 114 Å². The lowest BCUT2D eigenvalue weighted by Gasteiger charge is -2.21. The predicted octanol–water partition coefficient (Wildman–Crippen LogP) is 2.63. The van der Waals surface area contributed by atoms with Gasteiger partial charge in [0.25, 0.3) is 5.91 Å². The average molecular weight is 266 g/mol. The fraction of sp³-hybridized carbons (Fsp3) is 0.533. The SMILES string of the molecule is CCC(CC)C(N)CNC(=O)c1ccc(C)c(F)c1. The summed E-state index contributed by atoms with van der Waals surface area (Å²) in [7, 11) is 0. The van der Waals surface area contributed by atoms with E-state index in [9.17, 15) is 9.18 Å². The molecule has 1 atom stereocenters. The first-order valence-corrected chi connectivity index (χ1v) is 6.79. The third-order valence-corrected chi connectivity index (χ3v) is 3.59. The van der Waals surface area contributed by atoms with Crippen LogP contribution in [0.2, 0.25) is 0 Å². The van der Waals surface area contributed by atoms with Crippen LogP contribution in [0.15, 0.2) is 18.2 Å². The average Bonchev–Trinajstić information content (AvgIpc) is 2.40. The van der Waals surface area contributed by atoms with Crippen LogP contribution in [0.3, 0.4) is 0 Å². The number of nitrogens with two attached hydrogens (primary N) is 1. The molecule has 0 saturated heterocycles. The summed E-state index contributed by atoms with van der Waals surface area (Å²) in [4.78, 5) is 11.9. The minimum atomic E-state index is -0.364. The van der Waals surface area contributed by atoms with Crippen molar-refractivity contribution in [3.63, 3.8) is 0 Å². The van der Waals surface area contributed by atoms with Gasteiger partial charge in [0.05, 0.1) is 0 Å². The van der Waals surface area contributed by atoms with Crippen LogP contribution in [-0.4, -0.2) is 18.5 Å². The van der Waals surface area contributed by atoms with E-state index < -0.39 is 0 Å². The van der Waals surface area contributed by atoms with Crippen molar-refractivity contribution in [3.8, 4) is 0 Å². The number of halogens is 1. The van der Waals surface area contributed by atoms with Gasteiger partial charge in [-0.05, 0) is 30.5 Å². The van der Waals surface area contributed by atoms with E-state index in [-0.39, 0.29) is 17.8 Å². The molecular weight excluding hydrogens is 243 g/mol. The van der Waals surface area contributed by atoms with E-state index in [0.717, 1.165) is 12.8 Å². The fourth-order valence-corrected chi connectivity index (χ4v) is 2.11. The molecule has 0 aliphatic rings. The quantitative estimate of drug-likeness (QED) is 0.831. The zero-order valence-electron chi connectivity index (χ0n) is 11.9.